The number of aliphatic carboxylic acids is 1. The normalized spacial score (nSPS) is 16.6. The topological polar surface area (TPSA) is 95.5 Å². The van der Waals surface area contributed by atoms with E-state index in [2.05, 4.69) is 33.1 Å². The van der Waals surface area contributed by atoms with Crippen LogP contribution in [0.3, 0.4) is 0 Å². The summed E-state index contributed by atoms with van der Waals surface area (Å²) >= 11 is 0. The zero-order chi connectivity index (χ0) is 23.2. The predicted molar refractivity (Wildman–Crippen MR) is 130 cm³/mol. The molecule has 33 heavy (non-hydrogen) atoms. The van der Waals surface area contributed by atoms with Crippen molar-refractivity contribution >= 4 is 17.5 Å². The second-order valence-electron chi connectivity index (χ2n) is 8.25. The van der Waals surface area contributed by atoms with E-state index in [0.29, 0.717) is 13.0 Å². The summed E-state index contributed by atoms with van der Waals surface area (Å²) in [6.07, 6.45) is 2.50. The number of ether oxygens (including phenoxy) is 1. The number of nitrogens with zero attached hydrogens (tertiary/aromatic N) is 1. The molecule has 3 aromatic rings. The summed E-state index contributed by atoms with van der Waals surface area (Å²) in [4.78, 5) is 15.9. The quantitative estimate of drug-likeness (QED) is 0.394. The molecule has 0 spiro atoms. The molecule has 0 saturated carbocycles. The van der Waals surface area contributed by atoms with Gasteiger partial charge in [0.05, 0.1) is 30.8 Å². The van der Waals surface area contributed by atoms with Gasteiger partial charge in [-0.25, -0.2) is 4.98 Å². The van der Waals surface area contributed by atoms with Crippen LogP contribution in [0.1, 0.15) is 35.6 Å². The van der Waals surface area contributed by atoms with Crippen LogP contribution in [0.4, 0.5) is 11.5 Å². The standard InChI is InChI=1S/C26H30N4O3/c1-17(26(31)32)19-10-11-23(33-2)20(15-19)12-14-27-24(18-7-4-3-5-8-18)22-16-29-21-9-6-13-28-25(21)30-22/h3-11,13,15,17,22,24,27,29H,12,14,16H2,1-2H3,(H,28,30)(H,31,32)/t17?,22-,24-/m1/s1. The average molecular weight is 447 g/mol. The Morgan fingerprint density at radius 2 is 2.00 bits per heavy atom. The number of carboxylic acids is 1. The zero-order valence-corrected chi connectivity index (χ0v) is 18.9. The van der Waals surface area contributed by atoms with Gasteiger partial charge in [-0.3, -0.25) is 4.79 Å². The Bertz CT molecular complexity index is 1090. The molecule has 1 aliphatic rings. The van der Waals surface area contributed by atoms with Crippen molar-refractivity contribution in [3.63, 3.8) is 0 Å². The first kappa shape index (κ1) is 22.6. The Kier molecular flexibility index (Phi) is 7.10. The number of anilines is 2. The summed E-state index contributed by atoms with van der Waals surface area (Å²) in [5.74, 6) is 0.224. The highest BCUT2D eigenvalue weighted by molar-refractivity contribution is 5.75. The summed E-state index contributed by atoms with van der Waals surface area (Å²) in [7, 11) is 1.64. The molecule has 0 radical (unpaired) electrons. The molecule has 0 bridgehead atoms. The van der Waals surface area contributed by atoms with Gasteiger partial charge in [0, 0.05) is 12.7 Å². The smallest absolute Gasteiger partial charge is 0.310 e. The molecule has 0 fully saturated rings. The largest absolute Gasteiger partial charge is 0.496 e. The first-order chi connectivity index (χ1) is 16.1. The van der Waals surface area contributed by atoms with Crippen molar-refractivity contribution in [2.45, 2.75) is 31.3 Å². The maximum absolute atomic E-state index is 11.4. The summed E-state index contributed by atoms with van der Waals surface area (Å²) in [6, 6.07) is 20.1. The molecule has 0 amide bonds. The van der Waals surface area contributed by atoms with E-state index in [0.717, 1.165) is 34.9 Å². The van der Waals surface area contributed by atoms with Crippen LogP contribution >= 0.6 is 0 Å². The minimum atomic E-state index is -0.835. The number of carbonyl (C=O) groups is 1. The van der Waals surface area contributed by atoms with Crippen molar-refractivity contribution in [3.8, 4) is 5.75 Å². The minimum absolute atomic E-state index is 0.0565. The number of nitrogens with one attached hydrogen (secondary N) is 3. The molecule has 172 valence electrons. The summed E-state index contributed by atoms with van der Waals surface area (Å²) in [6.45, 7) is 3.17. The molecule has 0 aliphatic carbocycles. The molecule has 0 saturated heterocycles. The Morgan fingerprint density at radius 1 is 1.18 bits per heavy atom. The van der Waals surface area contributed by atoms with Crippen LogP contribution in [0.5, 0.6) is 5.75 Å². The van der Waals surface area contributed by atoms with Gasteiger partial charge >= 0.3 is 5.97 Å². The fourth-order valence-corrected chi connectivity index (χ4v) is 4.23. The van der Waals surface area contributed by atoms with Crippen LogP contribution in [0.15, 0.2) is 66.9 Å². The van der Waals surface area contributed by atoms with Crippen LogP contribution in [0.2, 0.25) is 0 Å². The fraction of sp³-hybridized carbons (Fsp3) is 0.308. The number of fused-ring (bicyclic) bond motifs is 1. The molecule has 3 atom stereocenters. The minimum Gasteiger partial charge on any atom is -0.496 e. The third-order valence-corrected chi connectivity index (χ3v) is 6.14. The van der Waals surface area contributed by atoms with Crippen LogP contribution in [0, 0.1) is 0 Å². The van der Waals surface area contributed by atoms with Gasteiger partial charge in [0.15, 0.2) is 0 Å². The lowest BCUT2D eigenvalue weighted by Gasteiger charge is -2.34. The number of rotatable bonds is 9. The number of benzene rings is 2. The van der Waals surface area contributed by atoms with Gasteiger partial charge in [-0.1, -0.05) is 42.5 Å². The first-order valence-corrected chi connectivity index (χ1v) is 11.2. The van der Waals surface area contributed by atoms with Gasteiger partial charge in [-0.05, 0) is 54.8 Å². The number of aromatic nitrogens is 1. The van der Waals surface area contributed by atoms with Crippen LogP contribution in [-0.2, 0) is 11.2 Å². The second-order valence-corrected chi connectivity index (χ2v) is 8.25. The number of hydrogen-bond donors (Lipinski definition) is 4. The van der Waals surface area contributed by atoms with Crippen molar-refractivity contribution in [2.24, 2.45) is 0 Å². The predicted octanol–water partition coefficient (Wildman–Crippen LogP) is 4.06. The van der Waals surface area contributed by atoms with E-state index in [4.69, 9.17) is 4.74 Å². The maximum Gasteiger partial charge on any atom is 0.310 e. The van der Waals surface area contributed by atoms with Crippen molar-refractivity contribution < 1.29 is 14.6 Å². The Labute approximate surface area is 194 Å². The molecule has 2 aromatic carbocycles. The highest BCUT2D eigenvalue weighted by Gasteiger charge is 2.27. The summed E-state index contributed by atoms with van der Waals surface area (Å²) < 4.78 is 5.53. The zero-order valence-electron chi connectivity index (χ0n) is 18.9. The Morgan fingerprint density at radius 3 is 2.76 bits per heavy atom. The second kappa shape index (κ2) is 10.4. The molecule has 7 heteroatoms. The number of hydrogen-bond acceptors (Lipinski definition) is 6. The molecule has 1 aliphatic heterocycles. The average Bonchev–Trinajstić information content (AvgIpc) is 2.86. The van der Waals surface area contributed by atoms with Gasteiger partial charge in [0.25, 0.3) is 0 Å². The van der Waals surface area contributed by atoms with Gasteiger partial charge in [-0.2, -0.15) is 0 Å². The van der Waals surface area contributed by atoms with E-state index in [1.54, 1.807) is 20.2 Å². The van der Waals surface area contributed by atoms with Gasteiger partial charge in [0.2, 0.25) is 0 Å². The molecule has 4 N–H and O–H groups in total. The van der Waals surface area contributed by atoms with Crippen molar-refractivity contribution in [1.82, 2.24) is 10.3 Å². The van der Waals surface area contributed by atoms with Crippen LogP contribution in [0.25, 0.3) is 0 Å². The Hall–Kier alpha value is -3.58. The SMILES string of the molecule is COc1ccc(C(C)C(=O)O)cc1CCN[C@H](c1ccccc1)[C@H]1CNc2cccnc2N1. The molecular weight excluding hydrogens is 416 g/mol. The molecule has 2 heterocycles. The Balaban J connectivity index is 1.50. The molecular formula is C26H30N4O3. The number of pyridine rings is 1. The van der Waals surface area contributed by atoms with Crippen LogP contribution < -0.4 is 20.7 Å². The molecule has 7 nitrogen and oxygen atoms in total. The molecule has 4 rings (SSSR count). The van der Waals surface area contributed by atoms with E-state index in [9.17, 15) is 9.90 Å². The highest BCUT2D eigenvalue weighted by Crippen LogP contribution is 2.29. The van der Waals surface area contributed by atoms with Gasteiger partial charge in [0.1, 0.15) is 11.6 Å². The van der Waals surface area contributed by atoms with E-state index in [1.165, 1.54) is 5.56 Å². The van der Waals surface area contributed by atoms with Gasteiger partial charge < -0.3 is 25.8 Å². The number of methoxy groups -OCH3 is 1. The monoisotopic (exact) mass is 446 g/mol. The lowest BCUT2D eigenvalue weighted by Crippen LogP contribution is -2.44. The van der Waals surface area contributed by atoms with Crippen molar-refractivity contribution in [2.75, 3.05) is 30.8 Å². The lowest BCUT2D eigenvalue weighted by molar-refractivity contribution is -0.138. The highest BCUT2D eigenvalue weighted by atomic mass is 16.5. The number of carboxylic acid groups (broad SMARTS) is 1. The third kappa shape index (κ3) is 5.26. The van der Waals surface area contributed by atoms with E-state index < -0.39 is 11.9 Å². The molecule has 1 unspecified atom stereocenters. The van der Waals surface area contributed by atoms with Crippen molar-refractivity contribution in [3.05, 3.63) is 83.6 Å². The van der Waals surface area contributed by atoms with E-state index in [-0.39, 0.29) is 12.1 Å². The summed E-state index contributed by atoms with van der Waals surface area (Å²) in [5, 5.41) is 20.1. The summed E-state index contributed by atoms with van der Waals surface area (Å²) in [5.41, 5.74) is 3.97. The first-order valence-electron chi connectivity index (χ1n) is 11.2. The third-order valence-electron chi connectivity index (χ3n) is 6.14. The lowest BCUT2D eigenvalue weighted by atomic mass is 9.96. The van der Waals surface area contributed by atoms with E-state index >= 15 is 0 Å². The van der Waals surface area contributed by atoms with Crippen LogP contribution in [-0.4, -0.2) is 42.3 Å². The molecule has 1 aromatic heterocycles. The van der Waals surface area contributed by atoms with E-state index in [1.807, 2.05) is 48.5 Å². The van der Waals surface area contributed by atoms with Crippen molar-refractivity contribution in [1.29, 1.82) is 0 Å². The van der Waals surface area contributed by atoms with Gasteiger partial charge in [-0.15, -0.1) is 0 Å². The fourth-order valence-electron chi connectivity index (χ4n) is 4.23. The maximum atomic E-state index is 11.4.